The molecular formula is C11H10F2N2O2S. The summed E-state index contributed by atoms with van der Waals surface area (Å²) >= 11 is 1.39. The normalized spacial score (nSPS) is 17.3. The lowest BCUT2D eigenvalue weighted by atomic mass is 10.1. The fourth-order valence-electron chi connectivity index (χ4n) is 1.39. The highest BCUT2D eigenvalue weighted by Crippen LogP contribution is 2.28. The van der Waals surface area contributed by atoms with E-state index in [1.807, 2.05) is 25.1 Å². The molecule has 0 atom stereocenters. The molecule has 0 N–H and O–H groups in total. The number of oxime groups is 1. The highest BCUT2D eigenvalue weighted by Gasteiger charge is 2.32. The van der Waals surface area contributed by atoms with Gasteiger partial charge in [0.1, 0.15) is 0 Å². The van der Waals surface area contributed by atoms with Gasteiger partial charge in [-0.05, 0) is 18.2 Å². The lowest BCUT2D eigenvalue weighted by Gasteiger charge is -2.06. The minimum atomic E-state index is -2.82. The molecular weight excluding hydrogens is 262 g/mol. The van der Waals surface area contributed by atoms with Crippen LogP contribution in [0.25, 0.3) is 6.08 Å². The van der Waals surface area contributed by atoms with E-state index < -0.39 is 18.1 Å². The zero-order chi connectivity index (χ0) is 13.3. The van der Waals surface area contributed by atoms with E-state index in [2.05, 4.69) is 9.99 Å². The Kier molecular flexibility index (Phi) is 3.42. The standard InChI is InChI=1S/C11H10F2N2O2S/c1-15(2)8-4-3-6(18-8)5-7-9(10(12)13)14-17-11(7)16/h3-5,10H,1-2H3/b7-5-. The van der Waals surface area contributed by atoms with E-state index >= 15 is 0 Å². The van der Waals surface area contributed by atoms with Gasteiger partial charge in [0, 0.05) is 19.0 Å². The monoisotopic (exact) mass is 272 g/mol. The van der Waals surface area contributed by atoms with Gasteiger partial charge < -0.3 is 9.74 Å². The highest BCUT2D eigenvalue weighted by molar-refractivity contribution is 7.17. The summed E-state index contributed by atoms with van der Waals surface area (Å²) in [6.07, 6.45) is -1.45. The summed E-state index contributed by atoms with van der Waals surface area (Å²) in [5, 5.41) is 4.04. The first-order valence-electron chi connectivity index (χ1n) is 5.05. The molecule has 0 aliphatic carbocycles. The van der Waals surface area contributed by atoms with Gasteiger partial charge >= 0.3 is 5.97 Å². The molecule has 96 valence electrons. The van der Waals surface area contributed by atoms with Gasteiger partial charge in [-0.15, -0.1) is 11.3 Å². The molecule has 0 saturated carbocycles. The van der Waals surface area contributed by atoms with Crippen LogP contribution < -0.4 is 4.90 Å². The van der Waals surface area contributed by atoms with Crippen LogP contribution >= 0.6 is 11.3 Å². The summed E-state index contributed by atoms with van der Waals surface area (Å²) in [6, 6.07) is 3.60. The summed E-state index contributed by atoms with van der Waals surface area (Å²) < 4.78 is 25.2. The molecule has 7 heteroatoms. The molecule has 0 bridgehead atoms. The van der Waals surface area contributed by atoms with Crippen molar-refractivity contribution in [1.29, 1.82) is 0 Å². The first-order valence-corrected chi connectivity index (χ1v) is 5.87. The number of carbonyl (C=O) groups excluding carboxylic acids is 1. The van der Waals surface area contributed by atoms with Crippen LogP contribution in [0.4, 0.5) is 13.8 Å². The molecule has 1 aromatic rings. The summed E-state index contributed by atoms with van der Waals surface area (Å²) in [7, 11) is 3.75. The molecule has 2 heterocycles. The average molecular weight is 272 g/mol. The smallest absolute Gasteiger partial charge is 0.367 e. The summed E-state index contributed by atoms with van der Waals surface area (Å²) in [5.41, 5.74) is -0.794. The zero-order valence-electron chi connectivity index (χ0n) is 9.68. The van der Waals surface area contributed by atoms with E-state index in [4.69, 9.17) is 0 Å². The Balaban J connectivity index is 2.31. The van der Waals surface area contributed by atoms with Crippen molar-refractivity contribution in [2.45, 2.75) is 6.43 Å². The van der Waals surface area contributed by atoms with E-state index in [-0.39, 0.29) is 5.57 Å². The molecule has 4 nitrogen and oxygen atoms in total. The Bertz CT molecular complexity index is 535. The Morgan fingerprint density at radius 3 is 2.72 bits per heavy atom. The van der Waals surface area contributed by atoms with Crippen molar-refractivity contribution < 1.29 is 18.4 Å². The number of hydrogen-bond acceptors (Lipinski definition) is 5. The molecule has 1 aromatic heterocycles. The summed E-state index contributed by atoms with van der Waals surface area (Å²) in [5.74, 6) is -0.842. The van der Waals surface area contributed by atoms with Crippen LogP contribution in [0.3, 0.4) is 0 Å². The van der Waals surface area contributed by atoms with Gasteiger partial charge in [-0.1, -0.05) is 5.16 Å². The predicted molar refractivity (Wildman–Crippen MR) is 66.2 cm³/mol. The maximum Gasteiger partial charge on any atom is 0.367 e. The second kappa shape index (κ2) is 4.85. The molecule has 1 aliphatic heterocycles. The molecule has 0 aromatic carbocycles. The van der Waals surface area contributed by atoms with E-state index in [1.165, 1.54) is 17.4 Å². The molecule has 0 spiro atoms. The predicted octanol–water partition coefficient (Wildman–Crippen LogP) is 2.38. The number of hydrogen-bond donors (Lipinski definition) is 0. The number of halogens is 2. The van der Waals surface area contributed by atoms with E-state index in [0.29, 0.717) is 4.88 Å². The number of anilines is 1. The van der Waals surface area contributed by atoms with Crippen LogP contribution in [-0.4, -0.2) is 32.2 Å². The minimum Gasteiger partial charge on any atom is -0.370 e. The van der Waals surface area contributed by atoms with E-state index in [0.717, 1.165) is 5.00 Å². The number of carbonyl (C=O) groups is 1. The maximum atomic E-state index is 12.6. The molecule has 0 amide bonds. The van der Waals surface area contributed by atoms with Crippen molar-refractivity contribution in [3.05, 3.63) is 22.6 Å². The Hall–Kier alpha value is -1.76. The number of alkyl halides is 2. The van der Waals surface area contributed by atoms with Crippen molar-refractivity contribution >= 4 is 34.1 Å². The fourth-order valence-corrected chi connectivity index (χ4v) is 2.26. The van der Waals surface area contributed by atoms with Crippen molar-refractivity contribution in [2.75, 3.05) is 19.0 Å². The molecule has 0 unspecified atom stereocenters. The van der Waals surface area contributed by atoms with Crippen LogP contribution in [0.1, 0.15) is 4.88 Å². The molecule has 0 saturated heterocycles. The minimum absolute atomic E-state index is 0.183. The van der Waals surface area contributed by atoms with Gasteiger partial charge in [0.05, 0.1) is 10.6 Å². The Morgan fingerprint density at radius 2 is 2.17 bits per heavy atom. The maximum absolute atomic E-state index is 12.6. The van der Waals surface area contributed by atoms with E-state index in [9.17, 15) is 13.6 Å². The zero-order valence-corrected chi connectivity index (χ0v) is 10.5. The lowest BCUT2D eigenvalue weighted by molar-refractivity contribution is -0.136. The molecule has 18 heavy (non-hydrogen) atoms. The molecule has 1 aliphatic rings. The first kappa shape index (κ1) is 12.7. The van der Waals surface area contributed by atoms with Crippen LogP contribution in [0.5, 0.6) is 0 Å². The second-order valence-corrected chi connectivity index (χ2v) is 4.88. The fraction of sp³-hybridized carbons (Fsp3) is 0.273. The number of nitrogens with zero attached hydrogens (tertiary/aromatic N) is 2. The first-order chi connectivity index (χ1) is 8.49. The second-order valence-electron chi connectivity index (χ2n) is 3.78. The molecule has 0 radical (unpaired) electrons. The van der Waals surface area contributed by atoms with Gasteiger partial charge in [0.25, 0.3) is 6.43 Å². The van der Waals surface area contributed by atoms with Crippen molar-refractivity contribution in [3.63, 3.8) is 0 Å². The van der Waals surface area contributed by atoms with Gasteiger partial charge in [-0.25, -0.2) is 13.6 Å². The Labute approximate surface area is 106 Å². The van der Waals surface area contributed by atoms with Crippen LogP contribution in [-0.2, 0) is 9.63 Å². The van der Waals surface area contributed by atoms with Crippen LogP contribution in [0.15, 0.2) is 22.9 Å². The van der Waals surface area contributed by atoms with Crippen LogP contribution in [0, 0.1) is 0 Å². The van der Waals surface area contributed by atoms with Gasteiger partial charge in [-0.2, -0.15) is 0 Å². The van der Waals surface area contributed by atoms with Crippen LogP contribution in [0.2, 0.25) is 0 Å². The topological polar surface area (TPSA) is 41.9 Å². The lowest BCUT2D eigenvalue weighted by Crippen LogP contribution is -2.13. The average Bonchev–Trinajstić information content (AvgIpc) is 2.88. The largest absolute Gasteiger partial charge is 0.370 e. The summed E-state index contributed by atoms with van der Waals surface area (Å²) in [6.45, 7) is 0. The third-order valence-electron chi connectivity index (χ3n) is 2.27. The highest BCUT2D eigenvalue weighted by atomic mass is 32.1. The van der Waals surface area contributed by atoms with E-state index in [1.54, 1.807) is 6.07 Å². The van der Waals surface area contributed by atoms with Gasteiger partial charge in [0.15, 0.2) is 5.71 Å². The SMILES string of the molecule is CN(C)c1ccc(/C=C2\C(=O)ON=C2C(F)F)s1. The molecule has 2 rings (SSSR count). The number of rotatable bonds is 3. The quantitative estimate of drug-likeness (QED) is 0.626. The van der Waals surface area contributed by atoms with Gasteiger partial charge in [-0.3, -0.25) is 0 Å². The molecule has 0 fully saturated rings. The summed E-state index contributed by atoms with van der Waals surface area (Å²) in [4.78, 5) is 18.1. The van der Waals surface area contributed by atoms with Crippen molar-refractivity contribution in [1.82, 2.24) is 0 Å². The van der Waals surface area contributed by atoms with Gasteiger partial charge in [0.2, 0.25) is 0 Å². The Morgan fingerprint density at radius 1 is 1.44 bits per heavy atom. The third-order valence-corrected chi connectivity index (χ3v) is 3.47. The third kappa shape index (κ3) is 2.40. The number of thiophene rings is 1. The van der Waals surface area contributed by atoms with Crippen molar-refractivity contribution in [3.8, 4) is 0 Å². The van der Waals surface area contributed by atoms with Crippen molar-refractivity contribution in [2.24, 2.45) is 5.16 Å².